The van der Waals surface area contributed by atoms with Crippen LogP contribution in [0.2, 0.25) is 0 Å². The second-order valence-electron chi connectivity index (χ2n) is 7.59. The zero-order valence-electron chi connectivity index (χ0n) is 18.4. The minimum absolute atomic E-state index is 0.0102. The summed E-state index contributed by atoms with van der Waals surface area (Å²) in [5.74, 6) is -1.73. The Labute approximate surface area is 182 Å². The Kier molecular flexibility index (Phi) is 10.9. The fourth-order valence-corrected chi connectivity index (χ4v) is 2.63. The van der Waals surface area contributed by atoms with Gasteiger partial charge in [-0.2, -0.15) is 0 Å². The number of Topliss-reactive ketones (excluding diaryl/α,β-unsaturated/α-hetero) is 1. The fraction of sp³-hybridized carbons (Fsp3) is 0.500. The van der Waals surface area contributed by atoms with Gasteiger partial charge in [-0.05, 0) is 37.0 Å². The summed E-state index contributed by atoms with van der Waals surface area (Å²) in [5.41, 5.74) is 1.31. The van der Waals surface area contributed by atoms with Gasteiger partial charge in [0.05, 0.1) is 6.54 Å². The van der Waals surface area contributed by atoms with E-state index >= 15 is 0 Å². The smallest absolute Gasteiger partial charge is 0.302 e. The van der Waals surface area contributed by atoms with Gasteiger partial charge in [-0.15, -0.1) is 0 Å². The molecule has 31 heavy (non-hydrogen) atoms. The second kappa shape index (κ2) is 13.1. The van der Waals surface area contributed by atoms with E-state index in [1.165, 1.54) is 13.8 Å². The number of ether oxygens (including phenoxy) is 1. The number of esters is 1. The molecular formula is C22H31N3O6. The molecule has 0 heterocycles. The maximum absolute atomic E-state index is 12.4. The van der Waals surface area contributed by atoms with Crippen LogP contribution in [0.4, 0.5) is 5.69 Å². The molecule has 170 valence electrons. The van der Waals surface area contributed by atoms with E-state index in [2.05, 4.69) is 16.0 Å². The van der Waals surface area contributed by atoms with Crippen molar-refractivity contribution in [1.82, 2.24) is 10.6 Å². The number of carbonyl (C=O) groups excluding carboxylic acids is 5. The first-order valence-electron chi connectivity index (χ1n) is 10.2. The average molecular weight is 434 g/mol. The molecule has 0 saturated carbocycles. The molecule has 9 nitrogen and oxygen atoms in total. The molecule has 0 radical (unpaired) electrons. The van der Waals surface area contributed by atoms with Crippen molar-refractivity contribution in [2.75, 3.05) is 11.9 Å². The third-order valence-electron chi connectivity index (χ3n) is 4.30. The van der Waals surface area contributed by atoms with Gasteiger partial charge >= 0.3 is 5.97 Å². The quantitative estimate of drug-likeness (QED) is 0.430. The lowest BCUT2D eigenvalue weighted by Gasteiger charge is -2.21. The van der Waals surface area contributed by atoms with Gasteiger partial charge in [0.15, 0.2) is 0 Å². The van der Waals surface area contributed by atoms with E-state index in [1.807, 2.05) is 0 Å². The third-order valence-corrected chi connectivity index (χ3v) is 4.30. The molecule has 3 N–H and O–H groups in total. The van der Waals surface area contributed by atoms with Crippen LogP contribution in [-0.4, -0.2) is 42.1 Å². The van der Waals surface area contributed by atoms with Crippen LogP contribution in [-0.2, 0) is 35.3 Å². The highest BCUT2D eigenvalue weighted by Crippen LogP contribution is 2.10. The van der Waals surface area contributed by atoms with Crippen LogP contribution in [0.1, 0.15) is 52.5 Å². The van der Waals surface area contributed by atoms with Gasteiger partial charge in [0, 0.05) is 25.5 Å². The van der Waals surface area contributed by atoms with Crippen molar-refractivity contribution in [3.8, 4) is 0 Å². The Morgan fingerprint density at radius 1 is 0.935 bits per heavy atom. The highest BCUT2D eigenvalue weighted by Gasteiger charge is 2.24. The average Bonchev–Trinajstić information content (AvgIpc) is 2.69. The Hall–Kier alpha value is -3.23. The van der Waals surface area contributed by atoms with Gasteiger partial charge < -0.3 is 25.5 Å². The van der Waals surface area contributed by atoms with E-state index in [9.17, 15) is 24.0 Å². The highest BCUT2D eigenvalue weighted by atomic mass is 16.5. The first kappa shape index (κ1) is 25.8. The van der Waals surface area contributed by atoms with Crippen molar-refractivity contribution in [3.05, 3.63) is 29.8 Å². The van der Waals surface area contributed by atoms with Crippen molar-refractivity contribution in [2.24, 2.45) is 5.92 Å². The molecule has 0 aromatic heterocycles. The first-order valence-corrected chi connectivity index (χ1v) is 10.2. The predicted molar refractivity (Wildman–Crippen MR) is 115 cm³/mol. The van der Waals surface area contributed by atoms with E-state index in [1.54, 1.807) is 38.1 Å². The SMILES string of the molecule is CC(=O)CCCC(=O)NC(C(=O)NCC(=O)Nc1ccc(COC(C)=O)cc1)C(C)C. The van der Waals surface area contributed by atoms with Crippen LogP contribution < -0.4 is 16.0 Å². The van der Waals surface area contributed by atoms with Gasteiger partial charge in [0.25, 0.3) is 0 Å². The third kappa shape index (κ3) is 10.9. The molecule has 1 aromatic rings. The lowest BCUT2D eigenvalue weighted by atomic mass is 10.0. The molecule has 1 aromatic carbocycles. The zero-order valence-corrected chi connectivity index (χ0v) is 18.4. The number of ketones is 1. The maximum atomic E-state index is 12.4. The van der Waals surface area contributed by atoms with Gasteiger partial charge in [-0.3, -0.25) is 19.2 Å². The summed E-state index contributed by atoms with van der Waals surface area (Å²) in [7, 11) is 0. The van der Waals surface area contributed by atoms with Gasteiger partial charge in [0.2, 0.25) is 17.7 Å². The summed E-state index contributed by atoms with van der Waals surface area (Å²) in [4.78, 5) is 58.4. The summed E-state index contributed by atoms with van der Waals surface area (Å²) in [6.45, 7) is 6.26. The summed E-state index contributed by atoms with van der Waals surface area (Å²) in [5, 5.41) is 7.85. The van der Waals surface area contributed by atoms with Crippen molar-refractivity contribution in [3.63, 3.8) is 0 Å². The van der Waals surface area contributed by atoms with Gasteiger partial charge in [-0.1, -0.05) is 26.0 Å². The number of amides is 3. The van der Waals surface area contributed by atoms with Gasteiger partial charge in [0.1, 0.15) is 18.4 Å². The van der Waals surface area contributed by atoms with E-state index in [-0.39, 0.29) is 43.2 Å². The first-order chi connectivity index (χ1) is 14.6. The minimum atomic E-state index is -0.779. The summed E-state index contributed by atoms with van der Waals surface area (Å²) in [6.07, 6.45) is 0.899. The Balaban J connectivity index is 2.48. The van der Waals surface area contributed by atoms with E-state index in [0.717, 1.165) is 5.56 Å². The van der Waals surface area contributed by atoms with Crippen molar-refractivity contribution < 1.29 is 28.7 Å². The van der Waals surface area contributed by atoms with Crippen molar-refractivity contribution in [2.45, 2.75) is 59.6 Å². The zero-order chi connectivity index (χ0) is 23.4. The summed E-state index contributed by atoms with van der Waals surface area (Å²) < 4.78 is 4.90. The lowest BCUT2D eigenvalue weighted by molar-refractivity contribution is -0.142. The van der Waals surface area contributed by atoms with E-state index < -0.39 is 17.9 Å². The largest absolute Gasteiger partial charge is 0.461 e. The standard InChI is InChI=1S/C22H31N3O6/c1-14(2)21(25-19(28)7-5-6-15(3)26)22(30)23-12-20(29)24-18-10-8-17(9-11-18)13-31-16(4)27/h8-11,14,21H,5-7,12-13H2,1-4H3,(H,23,30)(H,24,29)(H,25,28). The molecule has 1 atom stereocenters. The maximum Gasteiger partial charge on any atom is 0.302 e. The Bertz CT molecular complexity index is 789. The molecule has 0 aliphatic rings. The topological polar surface area (TPSA) is 131 Å². The molecule has 0 aliphatic carbocycles. The van der Waals surface area contributed by atoms with Crippen LogP contribution in [0.15, 0.2) is 24.3 Å². The van der Waals surface area contributed by atoms with Crippen LogP contribution in [0.3, 0.4) is 0 Å². The number of hydrogen-bond acceptors (Lipinski definition) is 6. The summed E-state index contributed by atoms with van der Waals surface area (Å²) in [6, 6.07) is 5.98. The molecule has 9 heteroatoms. The minimum Gasteiger partial charge on any atom is -0.461 e. The molecule has 0 aliphatic heterocycles. The molecule has 0 saturated heterocycles. The number of anilines is 1. The predicted octanol–water partition coefficient (Wildman–Crippen LogP) is 1.70. The molecule has 0 fully saturated rings. The molecule has 1 rings (SSSR count). The number of benzene rings is 1. The normalized spacial score (nSPS) is 11.4. The Morgan fingerprint density at radius 2 is 1.58 bits per heavy atom. The number of nitrogens with one attached hydrogen (secondary N) is 3. The Morgan fingerprint density at radius 3 is 2.13 bits per heavy atom. The van der Waals surface area contributed by atoms with Crippen LogP contribution in [0, 0.1) is 5.92 Å². The number of hydrogen-bond donors (Lipinski definition) is 3. The second-order valence-corrected chi connectivity index (χ2v) is 7.59. The molecular weight excluding hydrogens is 402 g/mol. The van der Waals surface area contributed by atoms with Crippen LogP contribution in [0.25, 0.3) is 0 Å². The fourth-order valence-electron chi connectivity index (χ4n) is 2.63. The molecule has 0 spiro atoms. The van der Waals surface area contributed by atoms with E-state index in [4.69, 9.17) is 4.74 Å². The van der Waals surface area contributed by atoms with Gasteiger partial charge in [-0.25, -0.2) is 0 Å². The number of carbonyl (C=O) groups is 5. The lowest BCUT2D eigenvalue weighted by Crippen LogP contribution is -2.51. The summed E-state index contributed by atoms with van der Waals surface area (Å²) >= 11 is 0. The van der Waals surface area contributed by atoms with Crippen LogP contribution >= 0.6 is 0 Å². The van der Waals surface area contributed by atoms with Crippen LogP contribution in [0.5, 0.6) is 0 Å². The van der Waals surface area contributed by atoms with Crippen molar-refractivity contribution >= 4 is 35.2 Å². The molecule has 0 bridgehead atoms. The molecule has 3 amide bonds. The highest BCUT2D eigenvalue weighted by molar-refractivity contribution is 5.96. The monoisotopic (exact) mass is 433 g/mol. The number of rotatable bonds is 12. The molecule has 1 unspecified atom stereocenters. The van der Waals surface area contributed by atoms with E-state index in [0.29, 0.717) is 18.5 Å². The van der Waals surface area contributed by atoms with Crippen molar-refractivity contribution in [1.29, 1.82) is 0 Å².